The number of rotatable bonds is 3. The maximum Gasteiger partial charge on any atom is 0.213 e. The van der Waals surface area contributed by atoms with Crippen molar-refractivity contribution in [3.05, 3.63) is 163 Å². The fourth-order valence-electron chi connectivity index (χ4n) is 7.12. The first-order chi connectivity index (χ1) is 22.1. The number of hydrogen-bond acceptors (Lipinski definition) is 0. The van der Waals surface area contributed by atoms with Crippen molar-refractivity contribution in [1.29, 1.82) is 0 Å². The first-order valence-electron chi connectivity index (χ1n) is 15.7. The lowest BCUT2D eigenvalue weighted by molar-refractivity contribution is -0.660. The van der Waals surface area contributed by atoms with Crippen molar-refractivity contribution in [2.24, 2.45) is 7.05 Å². The van der Waals surface area contributed by atoms with Gasteiger partial charge in [-0.25, -0.2) is 4.57 Å². The molecule has 7 aromatic rings. The van der Waals surface area contributed by atoms with Crippen molar-refractivity contribution in [3.63, 3.8) is 0 Å². The van der Waals surface area contributed by atoms with Gasteiger partial charge in [0.2, 0.25) is 5.69 Å². The second kappa shape index (κ2) is 10.9. The summed E-state index contributed by atoms with van der Waals surface area (Å²) in [6, 6.07) is 53.4. The third-order valence-corrected chi connectivity index (χ3v) is 9.36. The fraction of sp³-hybridized carbons (Fsp3) is 0.0682. The molecule has 0 spiro atoms. The van der Waals surface area contributed by atoms with Crippen molar-refractivity contribution >= 4 is 0 Å². The monoisotopic (exact) mass is 576 g/mol. The zero-order valence-corrected chi connectivity index (χ0v) is 25.9. The van der Waals surface area contributed by atoms with Gasteiger partial charge in [0.05, 0.1) is 0 Å². The molecule has 6 aromatic carbocycles. The lowest BCUT2D eigenvalue weighted by Gasteiger charge is -2.24. The van der Waals surface area contributed by atoms with Gasteiger partial charge >= 0.3 is 0 Å². The minimum absolute atomic E-state index is 1.20. The van der Waals surface area contributed by atoms with E-state index in [9.17, 15) is 0 Å². The Bertz CT molecular complexity index is 2220. The van der Waals surface area contributed by atoms with E-state index in [0.717, 1.165) is 0 Å². The molecule has 1 aliphatic carbocycles. The molecule has 0 saturated heterocycles. The summed E-state index contributed by atoms with van der Waals surface area (Å²) in [5.41, 5.74) is 20.1. The molecule has 8 rings (SSSR count). The lowest BCUT2D eigenvalue weighted by atomic mass is 9.79. The molecule has 0 saturated carbocycles. The first-order valence-corrected chi connectivity index (χ1v) is 15.7. The topological polar surface area (TPSA) is 3.88 Å². The maximum absolute atomic E-state index is 2.43. The molecule has 0 N–H and O–H groups in total. The standard InChI is InChI=1S/C44H34N/c1-29-25-42-38-19-11-9-17-36(38)34-15-7-8-16-35(34)37-18-10-12-20-39(37)43(42)26-41(29)44-27-40(30(2)28-45(44)3)33-23-21-32(22-24-33)31-13-5-4-6-14-31/h4-28H,1-3H3/q+1. The molecule has 0 bridgehead atoms. The summed E-state index contributed by atoms with van der Waals surface area (Å²) in [6.45, 7) is 4.47. The average Bonchev–Trinajstić information content (AvgIpc) is 3.08. The summed E-state index contributed by atoms with van der Waals surface area (Å²) in [5, 5.41) is 0. The molecule has 1 nitrogen and oxygen atoms in total. The second-order valence-corrected chi connectivity index (χ2v) is 12.2. The number of pyridine rings is 1. The van der Waals surface area contributed by atoms with E-state index >= 15 is 0 Å². The number of aromatic nitrogens is 1. The largest absolute Gasteiger partial charge is 0.213 e. The van der Waals surface area contributed by atoms with Crippen molar-refractivity contribution in [3.8, 4) is 78.0 Å². The van der Waals surface area contributed by atoms with E-state index in [0.29, 0.717) is 0 Å². The van der Waals surface area contributed by atoms with Crippen molar-refractivity contribution < 1.29 is 4.57 Å². The number of fused-ring (bicyclic) bond motifs is 8. The van der Waals surface area contributed by atoms with Gasteiger partial charge in [-0.1, -0.05) is 127 Å². The fourth-order valence-corrected chi connectivity index (χ4v) is 7.12. The van der Waals surface area contributed by atoms with E-state index < -0.39 is 0 Å². The van der Waals surface area contributed by atoms with Gasteiger partial charge in [0, 0.05) is 17.2 Å². The Kier molecular flexibility index (Phi) is 6.54. The van der Waals surface area contributed by atoms with Gasteiger partial charge in [-0.2, -0.15) is 0 Å². The smallest absolute Gasteiger partial charge is 0.201 e. The van der Waals surface area contributed by atoms with Crippen LogP contribution in [0.2, 0.25) is 0 Å². The molecule has 0 aliphatic heterocycles. The van der Waals surface area contributed by atoms with E-state index in [2.05, 4.69) is 177 Å². The zero-order chi connectivity index (χ0) is 30.5. The van der Waals surface area contributed by atoms with Crippen LogP contribution in [0.1, 0.15) is 11.1 Å². The number of nitrogens with zero attached hydrogens (tertiary/aromatic N) is 1. The second-order valence-electron chi connectivity index (χ2n) is 12.2. The minimum Gasteiger partial charge on any atom is -0.201 e. The summed E-state index contributed by atoms with van der Waals surface area (Å²) in [4.78, 5) is 0. The van der Waals surface area contributed by atoms with Gasteiger partial charge in [-0.05, 0) is 98.3 Å². The Hall–Kier alpha value is -5.53. The number of benzene rings is 6. The molecule has 1 aliphatic rings. The zero-order valence-electron chi connectivity index (χ0n) is 25.9. The third-order valence-electron chi connectivity index (χ3n) is 9.36. The summed E-state index contributed by atoms with van der Waals surface area (Å²) in [5.74, 6) is 0. The quantitative estimate of drug-likeness (QED) is 0.184. The van der Waals surface area contributed by atoms with Crippen molar-refractivity contribution in [2.45, 2.75) is 13.8 Å². The molecule has 0 unspecified atom stereocenters. The Morgan fingerprint density at radius 3 is 1.29 bits per heavy atom. The molecule has 214 valence electrons. The van der Waals surface area contributed by atoms with Crippen LogP contribution in [0.3, 0.4) is 0 Å². The highest BCUT2D eigenvalue weighted by atomic mass is 14.9. The highest BCUT2D eigenvalue weighted by Gasteiger charge is 2.25. The van der Waals surface area contributed by atoms with E-state index in [1.165, 1.54) is 89.1 Å². The Labute approximate surface area is 265 Å². The van der Waals surface area contributed by atoms with E-state index in [1.807, 2.05) is 0 Å². The highest BCUT2D eigenvalue weighted by Crippen LogP contribution is 2.49. The van der Waals surface area contributed by atoms with Crippen LogP contribution in [0.5, 0.6) is 0 Å². The molecule has 1 aromatic heterocycles. The Balaban J connectivity index is 1.32. The van der Waals surface area contributed by atoms with Crippen LogP contribution in [0.25, 0.3) is 78.0 Å². The molecule has 1 heteroatoms. The normalized spacial score (nSPS) is 11.4. The van der Waals surface area contributed by atoms with Gasteiger partial charge in [0.15, 0.2) is 6.20 Å². The van der Waals surface area contributed by atoms with E-state index in [4.69, 9.17) is 0 Å². The lowest BCUT2D eigenvalue weighted by Crippen LogP contribution is -2.31. The summed E-state index contributed by atoms with van der Waals surface area (Å²) >= 11 is 0. The van der Waals surface area contributed by atoms with Crippen LogP contribution in [-0.2, 0) is 7.05 Å². The first kappa shape index (κ1) is 27.0. The van der Waals surface area contributed by atoms with Crippen LogP contribution in [-0.4, -0.2) is 0 Å². The van der Waals surface area contributed by atoms with Crippen LogP contribution in [0, 0.1) is 13.8 Å². The molecular weight excluding hydrogens is 542 g/mol. The predicted molar refractivity (Wildman–Crippen MR) is 189 cm³/mol. The van der Waals surface area contributed by atoms with Crippen LogP contribution in [0.15, 0.2) is 152 Å². The molecule has 0 fully saturated rings. The average molecular weight is 577 g/mol. The van der Waals surface area contributed by atoms with Gasteiger partial charge < -0.3 is 0 Å². The van der Waals surface area contributed by atoms with Crippen LogP contribution in [0.4, 0.5) is 0 Å². The molecule has 0 radical (unpaired) electrons. The molecule has 0 atom stereocenters. The number of aryl methyl sites for hydroxylation is 3. The summed E-state index contributed by atoms with van der Waals surface area (Å²) in [6.07, 6.45) is 2.27. The molecule has 0 amide bonds. The summed E-state index contributed by atoms with van der Waals surface area (Å²) < 4.78 is 2.28. The van der Waals surface area contributed by atoms with E-state index in [-0.39, 0.29) is 0 Å². The van der Waals surface area contributed by atoms with Gasteiger partial charge in [-0.15, -0.1) is 0 Å². The molecule has 1 heterocycles. The Morgan fingerprint density at radius 2 is 0.756 bits per heavy atom. The van der Waals surface area contributed by atoms with Crippen molar-refractivity contribution in [1.82, 2.24) is 0 Å². The Morgan fingerprint density at radius 1 is 0.333 bits per heavy atom. The number of hydrogen-bond donors (Lipinski definition) is 0. The molecule has 45 heavy (non-hydrogen) atoms. The SMILES string of the molecule is Cc1c[n+](C)c(-c2cc3c(cc2C)-c2ccccc2-c2ccccc2-c2ccccc2-3)cc1-c1ccc(-c2ccccc2)cc1. The maximum atomic E-state index is 2.43. The van der Waals surface area contributed by atoms with Gasteiger partial charge in [0.25, 0.3) is 0 Å². The van der Waals surface area contributed by atoms with Crippen molar-refractivity contribution in [2.75, 3.05) is 0 Å². The summed E-state index contributed by atoms with van der Waals surface area (Å²) in [7, 11) is 2.17. The molecular formula is C44H34N+. The highest BCUT2D eigenvalue weighted by molar-refractivity contribution is 6.04. The van der Waals surface area contributed by atoms with Crippen LogP contribution < -0.4 is 4.57 Å². The third kappa shape index (κ3) is 4.60. The van der Waals surface area contributed by atoms with Gasteiger partial charge in [0.1, 0.15) is 7.05 Å². The van der Waals surface area contributed by atoms with E-state index in [1.54, 1.807) is 0 Å². The minimum atomic E-state index is 1.20. The van der Waals surface area contributed by atoms with Crippen LogP contribution >= 0.6 is 0 Å². The van der Waals surface area contributed by atoms with Gasteiger partial charge in [-0.3, -0.25) is 0 Å². The predicted octanol–water partition coefficient (Wildman–Crippen LogP) is 11.1.